The maximum Gasteiger partial charge on any atom is 0.159 e. The van der Waals surface area contributed by atoms with Crippen LogP contribution in [0.15, 0.2) is 42.6 Å². The molecule has 2 heterocycles. The Morgan fingerprint density at radius 1 is 1.00 bits per heavy atom. The molecule has 4 heteroatoms. The van der Waals surface area contributed by atoms with Crippen molar-refractivity contribution in [1.82, 2.24) is 9.88 Å². The summed E-state index contributed by atoms with van der Waals surface area (Å²) in [6.45, 7) is 5.86. The molecule has 0 unspecified atom stereocenters. The molecule has 0 aliphatic carbocycles. The molecule has 2 aromatic rings. The first-order valence-electron chi connectivity index (χ1n) is 7.64. The lowest BCUT2D eigenvalue weighted by Gasteiger charge is -2.33. The Morgan fingerprint density at radius 3 is 2.23 bits per heavy atom. The lowest BCUT2D eigenvalue weighted by Crippen LogP contribution is -2.44. The van der Waals surface area contributed by atoms with Gasteiger partial charge in [0.05, 0.1) is 17.6 Å². The summed E-state index contributed by atoms with van der Waals surface area (Å²) >= 11 is 0. The van der Waals surface area contributed by atoms with E-state index in [0.29, 0.717) is 0 Å². The Bertz CT molecular complexity index is 641. The molecule has 1 aliphatic heterocycles. The van der Waals surface area contributed by atoms with E-state index in [9.17, 15) is 4.79 Å². The summed E-state index contributed by atoms with van der Waals surface area (Å²) in [5, 5.41) is 0. The molecule has 0 spiro atoms. The van der Waals surface area contributed by atoms with E-state index in [2.05, 4.69) is 34.0 Å². The predicted octanol–water partition coefficient (Wildman–Crippen LogP) is 2.70. The van der Waals surface area contributed by atoms with E-state index in [1.807, 2.05) is 30.5 Å². The Morgan fingerprint density at radius 2 is 1.68 bits per heavy atom. The summed E-state index contributed by atoms with van der Waals surface area (Å²) in [5.74, 6) is 0.0879. The van der Waals surface area contributed by atoms with Crippen molar-refractivity contribution in [2.24, 2.45) is 0 Å². The van der Waals surface area contributed by atoms with Crippen LogP contribution in [0.1, 0.15) is 17.3 Å². The van der Waals surface area contributed by atoms with E-state index in [4.69, 9.17) is 0 Å². The van der Waals surface area contributed by atoms with Crippen LogP contribution in [0.3, 0.4) is 0 Å². The highest BCUT2D eigenvalue weighted by Crippen LogP contribution is 2.21. The maximum atomic E-state index is 11.3. The van der Waals surface area contributed by atoms with Gasteiger partial charge in [0.1, 0.15) is 0 Å². The van der Waals surface area contributed by atoms with Gasteiger partial charge in [0.25, 0.3) is 0 Å². The minimum atomic E-state index is 0.0879. The largest absolute Gasteiger partial charge is 0.368 e. The quantitative estimate of drug-likeness (QED) is 0.816. The SMILES string of the molecule is CC(=O)c1ccc(-c2ccc(N3CCN(C)CC3)cn2)cc1. The third kappa shape index (κ3) is 3.17. The number of aromatic nitrogens is 1. The van der Waals surface area contributed by atoms with Crippen LogP contribution in [0.25, 0.3) is 11.3 Å². The molecule has 1 fully saturated rings. The number of likely N-dealkylation sites (N-methyl/N-ethyl adjacent to an activating group) is 1. The van der Waals surface area contributed by atoms with Crippen molar-refractivity contribution < 1.29 is 4.79 Å². The standard InChI is InChI=1S/C18H21N3O/c1-14(22)15-3-5-16(6-4-15)18-8-7-17(13-19-18)21-11-9-20(2)10-12-21/h3-8,13H,9-12H2,1-2H3. The van der Waals surface area contributed by atoms with Crippen molar-refractivity contribution in [2.45, 2.75) is 6.92 Å². The van der Waals surface area contributed by atoms with Crippen molar-refractivity contribution >= 4 is 11.5 Å². The second-order valence-corrected chi connectivity index (χ2v) is 5.83. The van der Waals surface area contributed by atoms with E-state index in [0.717, 1.165) is 43.0 Å². The summed E-state index contributed by atoms with van der Waals surface area (Å²) in [6, 6.07) is 11.8. The molecule has 22 heavy (non-hydrogen) atoms. The molecule has 0 saturated carbocycles. The van der Waals surface area contributed by atoms with E-state index >= 15 is 0 Å². The van der Waals surface area contributed by atoms with Crippen LogP contribution in [0.2, 0.25) is 0 Å². The normalized spacial score (nSPS) is 15.8. The highest BCUT2D eigenvalue weighted by Gasteiger charge is 2.14. The number of hydrogen-bond donors (Lipinski definition) is 0. The predicted molar refractivity (Wildman–Crippen MR) is 89.4 cm³/mol. The first-order valence-corrected chi connectivity index (χ1v) is 7.64. The highest BCUT2D eigenvalue weighted by atomic mass is 16.1. The average molecular weight is 295 g/mol. The molecule has 0 N–H and O–H groups in total. The number of hydrogen-bond acceptors (Lipinski definition) is 4. The van der Waals surface area contributed by atoms with Gasteiger partial charge < -0.3 is 9.80 Å². The van der Waals surface area contributed by atoms with Gasteiger partial charge in [-0.05, 0) is 26.1 Å². The zero-order chi connectivity index (χ0) is 15.5. The molecule has 0 bridgehead atoms. The minimum absolute atomic E-state index is 0.0879. The minimum Gasteiger partial charge on any atom is -0.368 e. The fourth-order valence-corrected chi connectivity index (χ4v) is 2.68. The summed E-state index contributed by atoms with van der Waals surface area (Å²) in [7, 11) is 2.16. The van der Waals surface area contributed by atoms with Crippen molar-refractivity contribution in [2.75, 3.05) is 38.1 Å². The van der Waals surface area contributed by atoms with Crippen molar-refractivity contribution in [1.29, 1.82) is 0 Å². The smallest absolute Gasteiger partial charge is 0.159 e. The van der Waals surface area contributed by atoms with Crippen molar-refractivity contribution in [3.63, 3.8) is 0 Å². The number of ketones is 1. The van der Waals surface area contributed by atoms with Gasteiger partial charge >= 0.3 is 0 Å². The monoisotopic (exact) mass is 295 g/mol. The Kier molecular flexibility index (Phi) is 4.20. The van der Waals surface area contributed by atoms with E-state index in [1.54, 1.807) is 6.92 Å². The molecule has 1 aromatic carbocycles. The van der Waals surface area contributed by atoms with Gasteiger partial charge in [-0.3, -0.25) is 9.78 Å². The second kappa shape index (κ2) is 6.28. The third-order valence-electron chi connectivity index (χ3n) is 4.20. The van der Waals surface area contributed by atoms with Gasteiger partial charge in [-0.15, -0.1) is 0 Å². The Labute approximate surface area is 131 Å². The number of benzene rings is 1. The van der Waals surface area contributed by atoms with Crippen LogP contribution in [-0.4, -0.2) is 48.9 Å². The number of pyridine rings is 1. The van der Waals surface area contributed by atoms with Crippen LogP contribution >= 0.6 is 0 Å². The molecule has 3 rings (SSSR count). The maximum absolute atomic E-state index is 11.3. The van der Waals surface area contributed by atoms with Crippen molar-refractivity contribution in [3.05, 3.63) is 48.2 Å². The van der Waals surface area contributed by atoms with E-state index in [-0.39, 0.29) is 5.78 Å². The fraction of sp³-hybridized carbons (Fsp3) is 0.333. The van der Waals surface area contributed by atoms with Gasteiger partial charge in [-0.25, -0.2) is 0 Å². The fourth-order valence-electron chi connectivity index (χ4n) is 2.68. The van der Waals surface area contributed by atoms with Crippen LogP contribution in [-0.2, 0) is 0 Å². The average Bonchev–Trinajstić information content (AvgIpc) is 2.56. The van der Waals surface area contributed by atoms with Crippen molar-refractivity contribution in [3.8, 4) is 11.3 Å². The van der Waals surface area contributed by atoms with Crippen LogP contribution < -0.4 is 4.90 Å². The number of piperazine rings is 1. The zero-order valence-corrected chi connectivity index (χ0v) is 13.1. The molecular formula is C18H21N3O. The number of rotatable bonds is 3. The third-order valence-corrected chi connectivity index (χ3v) is 4.20. The molecule has 114 valence electrons. The molecule has 0 amide bonds. The zero-order valence-electron chi connectivity index (χ0n) is 13.1. The van der Waals surface area contributed by atoms with Gasteiger partial charge in [0.2, 0.25) is 0 Å². The Balaban J connectivity index is 1.75. The lowest BCUT2D eigenvalue weighted by molar-refractivity contribution is 0.101. The molecule has 1 saturated heterocycles. The Hall–Kier alpha value is -2.20. The first kappa shape index (κ1) is 14.7. The summed E-state index contributed by atoms with van der Waals surface area (Å²) in [6.07, 6.45) is 1.94. The van der Waals surface area contributed by atoms with E-state index in [1.165, 1.54) is 5.69 Å². The van der Waals surface area contributed by atoms with Crippen LogP contribution in [0.5, 0.6) is 0 Å². The van der Waals surface area contributed by atoms with Crippen LogP contribution in [0, 0.1) is 0 Å². The summed E-state index contributed by atoms with van der Waals surface area (Å²) in [4.78, 5) is 20.6. The first-order chi connectivity index (χ1) is 10.6. The summed E-state index contributed by atoms with van der Waals surface area (Å²) in [5.41, 5.74) is 3.89. The molecule has 0 atom stereocenters. The highest BCUT2D eigenvalue weighted by molar-refractivity contribution is 5.94. The van der Waals surface area contributed by atoms with Gasteiger partial charge in [-0.1, -0.05) is 24.3 Å². The number of anilines is 1. The second-order valence-electron chi connectivity index (χ2n) is 5.83. The van der Waals surface area contributed by atoms with Crippen LogP contribution in [0.4, 0.5) is 5.69 Å². The molecule has 1 aliphatic rings. The summed E-state index contributed by atoms with van der Waals surface area (Å²) < 4.78 is 0. The van der Waals surface area contributed by atoms with Gasteiger partial charge in [0, 0.05) is 37.3 Å². The lowest BCUT2D eigenvalue weighted by atomic mass is 10.1. The number of Topliss-reactive ketones (excluding diaryl/α,β-unsaturated/α-hetero) is 1. The molecule has 1 aromatic heterocycles. The molecule has 0 radical (unpaired) electrons. The molecule has 4 nitrogen and oxygen atoms in total. The van der Waals surface area contributed by atoms with Gasteiger partial charge in [0.15, 0.2) is 5.78 Å². The van der Waals surface area contributed by atoms with E-state index < -0.39 is 0 Å². The number of carbonyl (C=O) groups excluding carboxylic acids is 1. The number of carbonyl (C=O) groups is 1. The topological polar surface area (TPSA) is 36.4 Å². The van der Waals surface area contributed by atoms with Gasteiger partial charge in [-0.2, -0.15) is 0 Å². The molecular weight excluding hydrogens is 274 g/mol. The number of nitrogens with zero attached hydrogens (tertiary/aromatic N) is 3.